The van der Waals surface area contributed by atoms with Crippen molar-refractivity contribution in [3.63, 3.8) is 0 Å². The average Bonchev–Trinajstić information content (AvgIpc) is 3.33. The first-order chi connectivity index (χ1) is 17.7. The molecular weight excluding hydrogens is 450 g/mol. The SMILES string of the molecule is COc1ccc(CNc2ncc(N=C(c3ccccc3)c3ccccc3)c3cnn(C)c23)c(OC)c1. The molecular formula is C29H27N5O2. The summed E-state index contributed by atoms with van der Waals surface area (Å²) in [6.45, 7) is 0.530. The third-order valence-corrected chi connectivity index (χ3v) is 6.02. The molecule has 180 valence electrons. The van der Waals surface area contributed by atoms with Crippen molar-refractivity contribution >= 4 is 28.1 Å². The number of aliphatic imine (C=N–C) groups is 1. The van der Waals surface area contributed by atoms with Crippen LogP contribution in [0.25, 0.3) is 10.9 Å². The van der Waals surface area contributed by atoms with Gasteiger partial charge in [0.25, 0.3) is 0 Å². The lowest BCUT2D eigenvalue weighted by Gasteiger charge is -2.13. The Morgan fingerprint density at radius 3 is 2.22 bits per heavy atom. The fourth-order valence-corrected chi connectivity index (χ4v) is 4.17. The van der Waals surface area contributed by atoms with E-state index in [1.54, 1.807) is 20.4 Å². The van der Waals surface area contributed by atoms with Gasteiger partial charge in [-0.15, -0.1) is 0 Å². The van der Waals surface area contributed by atoms with E-state index in [0.717, 1.165) is 56.3 Å². The van der Waals surface area contributed by atoms with E-state index in [1.165, 1.54) is 0 Å². The third kappa shape index (κ3) is 4.63. The second-order valence-electron chi connectivity index (χ2n) is 8.25. The number of hydrogen-bond acceptors (Lipinski definition) is 6. The van der Waals surface area contributed by atoms with Crippen molar-refractivity contribution in [1.29, 1.82) is 0 Å². The number of ether oxygens (including phenoxy) is 2. The number of benzene rings is 3. The zero-order valence-corrected chi connectivity index (χ0v) is 20.5. The molecule has 1 N–H and O–H groups in total. The fourth-order valence-electron chi connectivity index (χ4n) is 4.17. The van der Waals surface area contributed by atoms with Crippen LogP contribution in [0.1, 0.15) is 16.7 Å². The van der Waals surface area contributed by atoms with Crippen molar-refractivity contribution in [2.24, 2.45) is 12.0 Å². The van der Waals surface area contributed by atoms with E-state index in [0.29, 0.717) is 6.54 Å². The third-order valence-electron chi connectivity index (χ3n) is 6.02. The van der Waals surface area contributed by atoms with Gasteiger partial charge in [0.15, 0.2) is 5.82 Å². The van der Waals surface area contributed by atoms with Gasteiger partial charge in [0.1, 0.15) is 17.0 Å². The highest BCUT2D eigenvalue weighted by Gasteiger charge is 2.15. The van der Waals surface area contributed by atoms with E-state index in [4.69, 9.17) is 19.5 Å². The predicted octanol–water partition coefficient (Wildman–Crippen LogP) is 5.77. The van der Waals surface area contributed by atoms with Gasteiger partial charge in [0.05, 0.1) is 43.4 Å². The first-order valence-electron chi connectivity index (χ1n) is 11.6. The summed E-state index contributed by atoms with van der Waals surface area (Å²) in [5.74, 6) is 2.22. The number of nitrogens with zero attached hydrogens (tertiary/aromatic N) is 4. The second-order valence-corrected chi connectivity index (χ2v) is 8.25. The largest absolute Gasteiger partial charge is 0.497 e. The zero-order chi connectivity index (χ0) is 24.9. The van der Waals surface area contributed by atoms with E-state index >= 15 is 0 Å². The van der Waals surface area contributed by atoms with Gasteiger partial charge in [-0.2, -0.15) is 5.10 Å². The maximum Gasteiger partial charge on any atom is 0.152 e. The maximum absolute atomic E-state index is 5.54. The molecule has 0 spiro atoms. The summed E-state index contributed by atoms with van der Waals surface area (Å²) in [5, 5.41) is 8.87. The number of aromatic nitrogens is 3. The number of hydrogen-bond donors (Lipinski definition) is 1. The molecule has 2 aromatic heterocycles. The van der Waals surface area contributed by atoms with Crippen molar-refractivity contribution in [3.05, 3.63) is 108 Å². The van der Waals surface area contributed by atoms with E-state index in [-0.39, 0.29) is 0 Å². The summed E-state index contributed by atoms with van der Waals surface area (Å²) in [5.41, 5.74) is 5.58. The van der Waals surface area contributed by atoms with E-state index < -0.39 is 0 Å². The van der Waals surface area contributed by atoms with Crippen LogP contribution in [-0.2, 0) is 13.6 Å². The molecule has 36 heavy (non-hydrogen) atoms. The lowest BCUT2D eigenvalue weighted by molar-refractivity contribution is 0.391. The van der Waals surface area contributed by atoms with Crippen LogP contribution in [0, 0.1) is 0 Å². The Kier molecular flexibility index (Phi) is 6.62. The summed E-state index contributed by atoms with van der Waals surface area (Å²) in [6, 6.07) is 26.1. The number of aryl methyl sites for hydroxylation is 1. The van der Waals surface area contributed by atoms with Crippen LogP contribution in [0.15, 0.2) is 96.2 Å². The van der Waals surface area contributed by atoms with Crippen LogP contribution < -0.4 is 14.8 Å². The van der Waals surface area contributed by atoms with Crippen molar-refractivity contribution in [1.82, 2.24) is 14.8 Å². The first-order valence-corrected chi connectivity index (χ1v) is 11.6. The summed E-state index contributed by atoms with van der Waals surface area (Å²) in [4.78, 5) is 9.83. The van der Waals surface area contributed by atoms with Crippen molar-refractivity contribution < 1.29 is 9.47 Å². The Hall–Kier alpha value is -4.65. The molecule has 0 atom stereocenters. The Morgan fingerprint density at radius 2 is 1.58 bits per heavy atom. The average molecular weight is 478 g/mol. The Balaban J connectivity index is 1.54. The number of methoxy groups -OCH3 is 2. The van der Waals surface area contributed by atoms with Gasteiger partial charge in [0, 0.05) is 36.3 Å². The molecule has 2 heterocycles. The fraction of sp³-hybridized carbons (Fsp3) is 0.138. The molecule has 0 amide bonds. The minimum atomic E-state index is 0.530. The Labute approximate surface area is 210 Å². The highest BCUT2D eigenvalue weighted by molar-refractivity contribution is 6.15. The molecule has 7 heteroatoms. The number of pyridine rings is 1. The van der Waals surface area contributed by atoms with E-state index in [9.17, 15) is 0 Å². The Bertz CT molecular complexity index is 1470. The Morgan fingerprint density at radius 1 is 0.889 bits per heavy atom. The highest BCUT2D eigenvalue weighted by atomic mass is 16.5. The molecule has 0 saturated carbocycles. The van der Waals surface area contributed by atoms with Gasteiger partial charge in [0.2, 0.25) is 0 Å². The van der Waals surface area contributed by atoms with E-state index in [2.05, 4.69) is 34.7 Å². The molecule has 0 radical (unpaired) electrons. The van der Waals surface area contributed by atoms with Gasteiger partial charge in [-0.25, -0.2) is 9.98 Å². The van der Waals surface area contributed by atoms with Crippen LogP contribution in [0.5, 0.6) is 11.5 Å². The number of rotatable bonds is 8. The highest BCUT2D eigenvalue weighted by Crippen LogP contribution is 2.32. The molecule has 0 bridgehead atoms. The molecule has 0 fully saturated rings. The summed E-state index contributed by atoms with van der Waals surface area (Å²) < 4.78 is 12.7. The molecule has 7 nitrogen and oxygen atoms in total. The van der Waals surface area contributed by atoms with Gasteiger partial charge >= 0.3 is 0 Å². The lowest BCUT2D eigenvalue weighted by atomic mass is 10.0. The molecule has 0 unspecified atom stereocenters. The van der Waals surface area contributed by atoms with Crippen LogP contribution >= 0.6 is 0 Å². The summed E-state index contributed by atoms with van der Waals surface area (Å²) in [6.07, 6.45) is 3.63. The lowest BCUT2D eigenvalue weighted by Crippen LogP contribution is -2.06. The molecule has 5 rings (SSSR count). The summed E-state index contributed by atoms with van der Waals surface area (Å²) in [7, 11) is 5.20. The van der Waals surface area contributed by atoms with Crippen molar-refractivity contribution in [2.75, 3.05) is 19.5 Å². The minimum absolute atomic E-state index is 0.530. The topological polar surface area (TPSA) is 73.6 Å². The number of fused-ring (bicyclic) bond motifs is 1. The zero-order valence-electron chi connectivity index (χ0n) is 20.5. The summed E-state index contributed by atoms with van der Waals surface area (Å²) >= 11 is 0. The quantitative estimate of drug-likeness (QED) is 0.287. The molecule has 0 saturated heterocycles. The maximum atomic E-state index is 5.54. The van der Waals surface area contributed by atoms with Crippen LogP contribution in [0.2, 0.25) is 0 Å². The monoisotopic (exact) mass is 477 g/mol. The van der Waals surface area contributed by atoms with Crippen LogP contribution in [-0.4, -0.2) is 34.7 Å². The second kappa shape index (κ2) is 10.3. The molecule has 0 aliphatic carbocycles. The standard InChI is InChI=1S/C29H27N5O2/c1-34-28-24(18-32-34)25(33-27(20-10-6-4-7-11-20)21-12-8-5-9-13-21)19-31-29(28)30-17-22-14-15-23(35-2)16-26(22)36-3/h4-16,18-19H,17H2,1-3H3,(H,30,31). The van der Waals surface area contributed by atoms with Crippen LogP contribution in [0.3, 0.4) is 0 Å². The molecule has 3 aromatic carbocycles. The first kappa shape index (κ1) is 23.1. The van der Waals surface area contributed by atoms with Crippen LogP contribution in [0.4, 0.5) is 11.5 Å². The molecule has 0 aliphatic heterocycles. The predicted molar refractivity (Wildman–Crippen MR) is 144 cm³/mol. The van der Waals surface area contributed by atoms with Gasteiger partial charge in [-0.05, 0) is 12.1 Å². The van der Waals surface area contributed by atoms with Gasteiger partial charge < -0.3 is 14.8 Å². The van der Waals surface area contributed by atoms with E-state index in [1.807, 2.05) is 72.5 Å². The number of nitrogens with one attached hydrogen (secondary N) is 1. The minimum Gasteiger partial charge on any atom is -0.497 e. The van der Waals surface area contributed by atoms with Crippen molar-refractivity contribution in [3.8, 4) is 11.5 Å². The smallest absolute Gasteiger partial charge is 0.152 e. The van der Waals surface area contributed by atoms with Gasteiger partial charge in [-0.3, -0.25) is 4.68 Å². The van der Waals surface area contributed by atoms with Gasteiger partial charge in [-0.1, -0.05) is 60.7 Å². The van der Waals surface area contributed by atoms with Crippen molar-refractivity contribution in [2.45, 2.75) is 6.54 Å². The molecule has 0 aliphatic rings. The molecule has 5 aromatic rings. The number of anilines is 1. The normalized spacial score (nSPS) is 10.8.